The molecule has 5 aromatic rings. The van der Waals surface area contributed by atoms with Crippen molar-refractivity contribution >= 4 is 23.2 Å². The van der Waals surface area contributed by atoms with Crippen molar-refractivity contribution in [1.82, 2.24) is 10.5 Å². The van der Waals surface area contributed by atoms with Gasteiger partial charge in [-0.05, 0) is 60.2 Å². The summed E-state index contributed by atoms with van der Waals surface area (Å²) in [4.78, 5) is 12.7. The van der Waals surface area contributed by atoms with Gasteiger partial charge in [0.15, 0.2) is 40.3 Å². The molecule has 4 aromatic carbocycles. The van der Waals surface area contributed by atoms with Crippen molar-refractivity contribution in [2.75, 3.05) is 61.2 Å². The van der Waals surface area contributed by atoms with Crippen LogP contribution in [0.15, 0.2) is 71.3 Å². The van der Waals surface area contributed by atoms with Crippen molar-refractivity contribution < 1.29 is 47.2 Å². The molecule has 1 aromatic heterocycles. The molecule has 52 heavy (non-hydrogen) atoms. The van der Waals surface area contributed by atoms with E-state index in [9.17, 15) is 4.79 Å². The zero-order valence-corrected chi connectivity index (χ0v) is 30.2. The maximum absolute atomic E-state index is 12.7. The van der Waals surface area contributed by atoms with Crippen LogP contribution in [0.5, 0.6) is 46.0 Å². The normalized spacial score (nSPS) is 13.3. The number of fused-ring (bicyclic) bond motifs is 1. The Morgan fingerprint density at radius 3 is 1.94 bits per heavy atom. The summed E-state index contributed by atoms with van der Waals surface area (Å²) in [5.74, 6) is 4.15. The molecular formula is C38H38ClN3O10. The SMILES string of the molecule is COc1cc(C2NC(=O)c3cc(Cl)ccc3N2)ccc1OCCCOc1c(OC)cc(-c2cc(-c3cc(OC)c(OC)c(OC)c3)no2)cc1OC. The first-order valence-electron chi connectivity index (χ1n) is 16.1. The van der Waals surface area contributed by atoms with Gasteiger partial charge in [0.05, 0.1) is 61.4 Å². The molecule has 0 saturated heterocycles. The van der Waals surface area contributed by atoms with Crippen LogP contribution in [-0.2, 0) is 0 Å². The zero-order chi connectivity index (χ0) is 36.8. The number of benzene rings is 4. The third-order valence-electron chi connectivity index (χ3n) is 8.33. The Balaban J connectivity index is 1.09. The molecule has 2 heterocycles. The molecule has 1 atom stereocenters. The molecule has 13 nitrogen and oxygen atoms in total. The first-order valence-corrected chi connectivity index (χ1v) is 16.5. The number of aromatic nitrogens is 1. The van der Waals surface area contributed by atoms with E-state index < -0.39 is 6.17 Å². The first-order chi connectivity index (χ1) is 25.3. The molecule has 2 N–H and O–H groups in total. The summed E-state index contributed by atoms with van der Waals surface area (Å²) >= 11 is 6.07. The van der Waals surface area contributed by atoms with Crippen LogP contribution in [0, 0.1) is 0 Å². The Labute approximate surface area is 305 Å². The number of hydrogen-bond donors (Lipinski definition) is 2. The number of halogens is 1. The minimum Gasteiger partial charge on any atom is -0.493 e. The molecule has 0 saturated carbocycles. The maximum atomic E-state index is 12.7. The van der Waals surface area contributed by atoms with Gasteiger partial charge in [-0.25, -0.2) is 0 Å². The summed E-state index contributed by atoms with van der Waals surface area (Å²) in [6.45, 7) is 0.647. The molecule has 0 aliphatic carbocycles. The Kier molecular flexibility index (Phi) is 11.0. The number of carbonyl (C=O) groups excluding carboxylic acids is 1. The highest BCUT2D eigenvalue weighted by Gasteiger charge is 2.26. The van der Waals surface area contributed by atoms with Crippen molar-refractivity contribution in [3.8, 4) is 68.6 Å². The van der Waals surface area contributed by atoms with E-state index in [1.807, 2.05) is 18.2 Å². The summed E-state index contributed by atoms with van der Waals surface area (Å²) in [5.41, 5.74) is 3.93. The molecule has 0 bridgehead atoms. The minimum atomic E-state index is -0.457. The number of hydrogen-bond acceptors (Lipinski definition) is 12. The molecule has 1 aliphatic heterocycles. The molecule has 6 rings (SSSR count). The van der Waals surface area contributed by atoms with Gasteiger partial charge in [0.25, 0.3) is 5.91 Å². The van der Waals surface area contributed by atoms with E-state index in [-0.39, 0.29) is 5.91 Å². The second kappa shape index (κ2) is 15.9. The number of rotatable bonds is 15. The highest BCUT2D eigenvalue weighted by atomic mass is 35.5. The topological polar surface area (TPSA) is 141 Å². The number of nitrogens with one attached hydrogen (secondary N) is 2. The number of anilines is 1. The lowest BCUT2D eigenvalue weighted by atomic mass is 10.1. The molecule has 0 spiro atoms. The highest BCUT2D eigenvalue weighted by Crippen LogP contribution is 2.44. The number of methoxy groups -OCH3 is 6. The third-order valence-corrected chi connectivity index (χ3v) is 8.57. The molecule has 272 valence electrons. The molecule has 1 aliphatic rings. The fourth-order valence-corrected chi connectivity index (χ4v) is 5.91. The van der Waals surface area contributed by atoms with Crippen LogP contribution in [0.25, 0.3) is 22.6 Å². The molecule has 0 radical (unpaired) electrons. The summed E-state index contributed by atoms with van der Waals surface area (Å²) in [5, 5.41) is 11.0. The van der Waals surface area contributed by atoms with E-state index in [2.05, 4.69) is 15.8 Å². The standard InChI is InChI=1S/C38H38ClN3O10/c1-44-30-14-21(37-40-26-10-9-24(39)19-25(26)38(43)41-37)8-11-28(30)50-12-7-13-51-36-33(47-4)17-23(18-34(36)48-5)29-20-27(42-52-29)22-15-31(45-2)35(49-6)32(16-22)46-3/h8-11,14-20,37,40H,7,12-13H2,1-6H3,(H,41,43). The molecule has 1 unspecified atom stereocenters. The lowest BCUT2D eigenvalue weighted by Gasteiger charge is -2.28. The fourth-order valence-electron chi connectivity index (χ4n) is 5.74. The lowest BCUT2D eigenvalue weighted by molar-refractivity contribution is 0.0935. The van der Waals surface area contributed by atoms with Gasteiger partial charge in [-0.1, -0.05) is 22.8 Å². The van der Waals surface area contributed by atoms with Gasteiger partial charge in [-0.2, -0.15) is 0 Å². The Hall–Kier alpha value is -5.95. The van der Waals surface area contributed by atoms with Gasteiger partial charge in [0.1, 0.15) is 11.9 Å². The quantitative estimate of drug-likeness (QED) is 0.104. The number of nitrogens with zero attached hydrogens (tertiary/aromatic N) is 1. The monoisotopic (exact) mass is 731 g/mol. The summed E-state index contributed by atoms with van der Waals surface area (Å²) < 4.78 is 51.2. The predicted octanol–water partition coefficient (Wildman–Crippen LogP) is 7.42. The van der Waals surface area contributed by atoms with E-state index >= 15 is 0 Å². The van der Waals surface area contributed by atoms with Gasteiger partial charge in [-0.15, -0.1) is 0 Å². The lowest BCUT2D eigenvalue weighted by Crippen LogP contribution is -2.38. The third kappa shape index (κ3) is 7.40. The van der Waals surface area contributed by atoms with Crippen LogP contribution in [-0.4, -0.2) is 66.9 Å². The van der Waals surface area contributed by atoms with Crippen molar-refractivity contribution in [2.45, 2.75) is 12.6 Å². The minimum absolute atomic E-state index is 0.219. The molecular weight excluding hydrogens is 694 g/mol. The van der Waals surface area contributed by atoms with Gasteiger partial charge < -0.3 is 53.1 Å². The summed E-state index contributed by atoms with van der Waals surface area (Å²) in [6, 6.07) is 19.6. The van der Waals surface area contributed by atoms with Gasteiger partial charge in [0, 0.05) is 34.3 Å². The van der Waals surface area contributed by atoms with Crippen LogP contribution in [0.3, 0.4) is 0 Å². The van der Waals surface area contributed by atoms with Crippen LogP contribution in [0.4, 0.5) is 5.69 Å². The maximum Gasteiger partial charge on any atom is 0.255 e. The van der Waals surface area contributed by atoms with Crippen LogP contribution in [0.1, 0.15) is 28.5 Å². The number of amides is 1. The summed E-state index contributed by atoms with van der Waals surface area (Å²) in [6.07, 6.45) is 0.0837. The van der Waals surface area contributed by atoms with Crippen LogP contribution in [0.2, 0.25) is 5.02 Å². The highest BCUT2D eigenvalue weighted by molar-refractivity contribution is 6.31. The Morgan fingerprint density at radius 1 is 0.654 bits per heavy atom. The van der Waals surface area contributed by atoms with Crippen molar-refractivity contribution in [3.63, 3.8) is 0 Å². The van der Waals surface area contributed by atoms with Crippen molar-refractivity contribution in [1.29, 1.82) is 0 Å². The Bertz CT molecular complexity index is 2020. The van der Waals surface area contributed by atoms with Gasteiger partial charge >= 0.3 is 0 Å². The second-order valence-electron chi connectivity index (χ2n) is 11.4. The van der Waals surface area contributed by atoms with E-state index in [1.165, 1.54) is 0 Å². The van der Waals surface area contributed by atoms with E-state index in [1.54, 1.807) is 91.2 Å². The molecule has 14 heteroatoms. The van der Waals surface area contributed by atoms with Crippen LogP contribution >= 0.6 is 11.6 Å². The van der Waals surface area contributed by atoms with Crippen molar-refractivity contribution in [3.05, 3.63) is 82.9 Å². The van der Waals surface area contributed by atoms with E-state index in [0.717, 1.165) is 5.56 Å². The van der Waals surface area contributed by atoms with Gasteiger partial charge in [-0.3, -0.25) is 4.79 Å². The molecule has 0 fully saturated rings. The predicted molar refractivity (Wildman–Crippen MR) is 194 cm³/mol. The average Bonchev–Trinajstić information content (AvgIpc) is 3.67. The zero-order valence-electron chi connectivity index (χ0n) is 29.5. The fraction of sp³-hybridized carbons (Fsp3) is 0.263. The van der Waals surface area contributed by atoms with E-state index in [0.29, 0.717) is 104 Å². The number of ether oxygens (including phenoxy) is 8. The molecule has 1 amide bonds. The second-order valence-corrected chi connectivity index (χ2v) is 11.8. The average molecular weight is 732 g/mol. The van der Waals surface area contributed by atoms with Crippen molar-refractivity contribution in [2.24, 2.45) is 0 Å². The summed E-state index contributed by atoms with van der Waals surface area (Å²) in [7, 11) is 9.32. The Morgan fingerprint density at radius 2 is 1.29 bits per heavy atom. The smallest absolute Gasteiger partial charge is 0.255 e. The first kappa shape index (κ1) is 35.9. The number of carbonyl (C=O) groups is 1. The largest absolute Gasteiger partial charge is 0.493 e. The van der Waals surface area contributed by atoms with E-state index in [4.69, 9.17) is 54.0 Å². The van der Waals surface area contributed by atoms with Gasteiger partial charge in [0.2, 0.25) is 11.5 Å². The van der Waals surface area contributed by atoms with Crippen LogP contribution < -0.4 is 48.5 Å².